The van der Waals surface area contributed by atoms with E-state index in [-0.39, 0.29) is 12.6 Å². The monoisotopic (exact) mass is 522 g/mol. The van der Waals surface area contributed by atoms with E-state index < -0.39 is 6.10 Å². The van der Waals surface area contributed by atoms with Crippen LogP contribution in [0, 0.1) is 0 Å². The van der Waals surface area contributed by atoms with E-state index in [4.69, 9.17) is 9.47 Å². The smallest absolute Gasteiger partial charge is 0.306 e. The zero-order valence-electron chi connectivity index (χ0n) is 24.7. The maximum atomic E-state index is 12.0. The predicted octanol–water partition coefficient (Wildman–Crippen LogP) is 9.64. The van der Waals surface area contributed by atoms with E-state index >= 15 is 0 Å². The number of carbonyl (C=O) groups excluding carboxylic acids is 1. The van der Waals surface area contributed by atoms with Crippen LogP contribution in [0.15, 0.2) is 24.3 Å². The van der Waals surface area contributed by atoms with Crippen LogP contribution in [0.5, 0.6) is 0 Å². The van der Waals surface area contributed by atoms with E-state index in [9.17, 15) is 9.90 Å². The molecular formula is C33H62O4. The number of rotatable bonds is 29. The van der Waals surface area contributed by atoms with Crippen molar-refractivity contribution in [3.8, 4) is 0 Å². The minimum absolute atomic E-state index is 0.172. The number of unbranched alkanes of at least 4 members (excludes halogenated alkanes) is 17. The van der Waals surface area contributed by atoms with Crippen LogP contribution in [0.2, 0.25) is 0 Å². The molecule has 0 amide bonds. The van der Waals surface area contributed by atoms with E-state index in [1.807, 2.05) is 0 Å². The van der Waals surface area contributed by atoms with Gasteiger partial charge in [-0.2, -0.15) is 0 Å². The summed E-state index contributed by atoms with van der Waals surface area (Å²) in [6, 6.07) is 0. The van der Waals surface area contributed by atoms with Crippen LogP contribution < -0.4 is 0 Å². The van der Waals surface area contributed by atoms with Crippen molar-refractivity contribution in [1.29, 1.82) is 0 Å². The summed E-state index contributed by atoms with van der Waals surface area (Å²) in [6.07, 6.45) is 35.0. The molecule has 0 aromatic carbocycles. The van der Waals surface area contributed by atoms with Gasteiger partial charge in [0, 0.05) is 13.0 Å². The molecular weight excluding hydrogens is 460 g/mol. The summed E-state index contributed by atoms with van der Waals surface area (Å²) in [6.45, 7) is 5.27. The molecule has 1 N–H and O–H groups in total. The van der Waals surface area contributed by atoms with Gasteiger partial charge in [0.05, 0.1) is 13.2 Å². The Bertz CT molecular complexity index is 514. The first-order valence-electron chi connectivity index (χ1n) is 15.9. The van der Waals surface area contributed by atoms with E-state index in [2.05, 4.69) is 38.2 Å². The average Bonchev–Trinajstić information content (AvgIpc) is 2.90. The second-order valence-electron chi connectivity index (χ2n) is 10.5. The van der Waals surface area contributed by atoms with Crippen molar-refractivity contribution in [2.45, 2.75) is 161 Å². The lowest BCUT2D eigenvalue weighted by Crippen LogP contribution is -2.27. The van der Waals surface area contributed by atoms with Gasteiger partial charge in [-0.3, -0.25) is 4.79 Å². The Morgan fingerprint density at radius 3 is 1.73 bits per heavy atom. The second kappa shape index (κ2) is 31.1. The molecule has 4 nitrogen and oxygen atoms in total. The molecule has 0 rings (SSSR count). The molecule has 0 aliphatic heterocycles. The highest BCUT2D eigenvalue weighted by Gasteiger charge is 2.13. The number of allylic oxidation sites excluding steroid dienone is 4. The van der Waals surface area contributed by atoms with Crippen LogP contribution in [0.3, 0.4) is 0 Å². The number of ether oxygens (including phenoxy) is 2. The van der Waals surface area contributed by atoms with Crippen molar-refractivity contribution >= 4 is 5.97 Å². The topological polar surface area (TPSA) is 55.8 Å². The Balaban J connectivity index is 3.43. The molecule has 0 aliphatic rings. The van der Waals surface area contributed by atoms with Crippen molar-refractivity contribution in [2.24, 2.45) is 0 Å². The first kappa shape index (κ1) is 35.9. The van der Waals surface area contributed by atoms with Gasteiger partial charge in [-0.15, -0.1) is 0 Å². The number of esters is 1. The molecule has 0 aromatic heterocycles. The van der Waals surface area contributed by atoms with Crippen molar-refractivity contribution < 1.29 is 19.4 Å². The van der Waals surface area contributed by atoms with Gasteiger partial charge in [-0.1, -0.05) is 128 Å². The van der Waals surface area contributed by atoms with Crippen molar-refractivity contribution in [2.75, 3.05) is 19.8 Å². The van der Waals surface area contributed by atoms with Crippen LogP contribution in [0.1, 0.15) is 155 Å². The molecule has 37 heavy (non-hydrogen) atoms. The van der Waals surface area contributed by atoms with Gasteiger partial charge in [0.15, 0.2) is 0 Å². The molecule has 0 bridgehead atoms. The number of hydrogen-bond acceptors (Lipinski definition) is 4. The summed E-state index contributed by atoms with van der Waals surface area (Å²) < 4.78 is 11.0. The van der Waals surface area contributed by atoms with Crippen LogP contribution in [-0.4, -0.2) is 37.0 Å². The number of carbonyl (C=O) groups is 1. The maximum Gasteiger partial charge on any atom is 0.306 e. The van der Waals surface area contributed by atoms with Crippen LogP contribution >= 0.6 is 0 Å². The fraction of sp³-hybridized carbons (Fsp3) is 0.848. The van der Waals surface area contributed by atoms with Crippen molar-refractivity contribution in [1.82, 2.24) is 0 Å². The van der Waals surface area contributed by atoms with Gasteiger partial charge < -0.3 is 14.6 Å². The molecule has 0 radical (unpaired) electrons. The molecule has 1 atom stereocenters. The highest BCUT2D eigenvalue weighted by molar-refractivity contribution is 5.69. The Kier molecular flexibility index (Phi) is 30.1. The van der Waals surface area contributed by atoms with Crippen LogP contribution in [0.4, 0.5) is 0 Å². The lowest BCUT2D eigenvalue weighted by Gasteiger charge is -2.15. The first-order chi connectivity index (χ1) is 18.2. The molecule has 0 heterocycles. The third-order valence-electron chi connectivity index (χ3n) is 6.78. The van der Waals surface area contributed by atoms with Gasteiger partial charge in [-0.25, -0.2) is 0 Å². The summed E-state index contributed by atoms with van der Waals surface area (Å²) >= 11 is 0. The van der Waals surface area contributed by atoms with Crippen LogP contribution in [-0.2, 0) is 14.3 Å². The predicted molar refractivity (Wildman–Crippen MR) is 159 cm³/mol. The SMILES string of the molecule is CCCCC/C=C\C/C=C\CCCCCCCCCCCC(=O)OC(CO)COCCCCCCCC. The first-order valence-corrected chi connectivity index (χ1v) is 15.9. The zero-order valence-corrected chi connectivity index (χ0v) is 24.7. The Morgan fingerprint density at radius 1 is 0.649 bits per heavy atom. The largest absolute Gasteiger partial charge is 0.457 e. The van der Waals surface area contributed by atoms with E-state index in [0.717, 1.165) is 25.7 Å². The summed E-state index contributed by atoms with van der Waals surface area (Å²) in [5.41, 5.74) is 0. The normalized spacial score (nSPS) is 12.6. The number of aliphatic hydroxyl groups excluding tert-OH is 1. The highest BCUT2D eigenvalue weighted by atomic mass is 16.6. The third-order valence-corrected chi connectivity index (χ3v) is 6.78. The van der Waals surface area contributed by atoms with Crippen molar-refractivity contribution in [3.63, 3.8) is 0 Å². The zero-order chi connectivity index (χ0) is 27.1. The summed E-state index contributed by atoms with van der Waals surface area (Å²) in [4.78, 5) is 12.0. The molecule has 0 aliphatic carbocycles. The number of hydrogen-bond donors (Lipinski definition) is 1. The van der Waals surface area contributed by atoms with E-state index in [0.29, 0.717) is 19.6 Å². The summed E-state index contributed by atoms with van der Waals surface area (Å²) in [5.74, 6) is -0.209. The Labute approximate surface area is 230 Å². The van der Waals surface area contributed by atoms with Crippen molar-refractivity contribution in [3.05, 3.63) is 24.3 Å². The maximum absolute atomic E-state index is 12.0. The van der Waals surface area contributed by atoms with Gasteiger partial charge in [0.2, 0.25) is 0 Å². The molecule has 0 fully saturated rings. The average molecular weight is 523 g/mol. The number of aliphatic hydroxyl groups is 1. The molecule has 0 saturated carbocycles. The Hall–Kier alpha value is -1.13. The van der Waals surface area contributed by atoms with Gasteiger partial charge in [0.25, 0.3) is 0 Å². The van der Waals surface area contributed by atoms with Crippen LogP contribution in [0.25, 0.3) is 0 Å². The lowest BCUT2D eigenvalue weighted by atomic mass is 10.1. The van der Waals surface area contributed by atoms with Gasteiger partial charge in [0.1, 0.15) is 6.10 Å². The molecule has 218 valence electrons. The highest BCUT2D eigenvalue weighted by Crippen LogP contribution is 2.12. The molecule has 4 heteroatoms. The van der Waals surface area contributed by atoms with E-state index in [1.54, 1.807) is 0 Å². The van der Waals surface area contributed by atoms with E-state index in [1.165, 1.54) is 109 Å². The summed E-state index contributed by atoms with van der Waals surface area (Å²) in [7, 11) is 0. The molecule has 1 unspecified atom stereocenters. The fourth-order valence-corrected chi connectivity index (χ4v) is 4.36. The van der Waals surface area contributed by atoms with Gasteiger partial charge >= 0.3 is 5.97 Å². The molecule has 0 saturated heterocycles. The molecule has 0 spiro atoms. The quantitative estimate of drug-likeness (QED) is 0.0603. The minimum Gasteiger partial charge on any atom is -0.457 e. The molecule has 0 aromatic rings. The third kappa shape index (κ3) is 29.3. The standard InChI is InChI=1S/C33H62O4/c1-3-5-7-9-11-12-13-14-15-16-17-18-19-20-21-22-23-24-26-28-33(35)37-32(30-34)31-36-29-27-25-10-8-6-4-2/h11-12,14-15,32,34H,3-10,13,16-31H2,1-2H3/b12-11-,15-14-. The minimum atomic E-state index is -0.528. The Morgan fingerprint density at radius 2 is 1.14 bits per heavy atom. The summed E-state index contributed by atoms with van der Waals surface area (Å²) in [5, 5.41) is 9.45. The fourth-order valence-electron chi connectivity index (χ4n) is 4.36. The second-order valence-corrected chi connectivity index (χ2v) is 10.5. The lowest BCUT2D eigenvalue weighted by molar-refractivity contribution is -0.154. The van der Waals surface area contributed by atoms with Gasteiger partial charge in [-0.05, 0) is 44.9 Å².